The summed E-state index contributed by atoms with van der Waals surface area (Å²) >= 11 is 0. The zero-order valence-electron chi connectivity index (χ0n) is 16.6. The van der Waals surface area contributed by atoms with E-state index in [0.29, 0.717) is 16.9 Å². The van der Waals surface area contributed by atoms with Gasteiger partial charge in [-0.1, -0.05) is 43.5 Å². The van der Waals surface area contributed by atoms with E-state index < -0.39 is 5.60 Å². The fraction of sp³-hybridized carbons (Fsp3) is 0.409. The molecule has 0 saturated heterocycles. The van der Waals surface area contributed by atoms with Crippen LogP contribution in [-0.4, -0.2) is 10.9 Å². The molecule has 0 unspecified atom stereocenters. The first-order chi connectivity index (χ1) is 12.8. The average molecular weight is 367 g/mol. The second kappa shape index (κ2) is 7.14. The van der Waals surface area contributed by atoms with Crippen molar-refractivity contribution in [2.75, 3.05) is 0 Å². The van der Waals surface area contributed by atoms with Crippen LogP contribution in [0.15, 0.2) is 29.4 Å². The Labute approximate surface area is 161 Å². The number of phenols is 1. The van der Waals surface area contributed by atoms with Crippen molar-refractivity contribution in [3.05, 3.63) is 46.5 Å². The zero-order valence-corrected chi connectivity index (χ0v) is 16.6. The van der Waals surface area contributed by atoms with Crippen LogP contribution in [0.4, 0.5) is 0 Å². The van der Waals surface area contributed by atoms with Crippen molar-refractivity contribution in [3.8, 4) is 22.6 Å². The van der Waals surface area contributed by atoms with Gasteiger partial charge in [-0.2, -0.15) is 5.10 Å². The predicted octanol–water partition coefficient (Wildman–Crippen LogP) is 4.31. The van der Waals surface area contributed by atoms with Crippen LogP contribution in [0.1, 0.15) is 62.3 Å². The van der Waals surface area contributed by atoms with Gasteiger partial charge in [0.15, 0.2) is 5.84 Å². The van der Waals surface area contributed by atoms with Crippen molar-refractivity contribution in [2.45, 2.75) is 59.0 Å². The van der Waals surface area contributed by atoms with E-state index >= 15 is 0 Å². The monoisotopic (exact) mass is 367 g/mol. The van der Waals surface area contributed by atoms with E-state index in [2.05, 4.69) is 30.2 Å². The number of unbranched alkanes of at least 4 members (excludes halogenated alkanes) is 2. The number of hydrogen-bond donors (Lipinski definition) is 3. The van der Waals surface area contributed by atoms with Crippen molar-refractivity contribution in [2.24, 2.45) is 16.7 Å². The van der Waals surface area contributed by atoms with Gasteiger partial charge >= 0.3 is 0 Å². The van der Waals surface area contributed by atoms with E-state index in [0.717, 1.165) is 47.9 Å². The van der Waals surface area contributed by atoms with Crippen molar-refractivity contribution in [1.82, 2.24) is 0 Å². The Morgan fingerprint density at radius 1 is 1.22 bits per heavy atom. The van der Waals surface area contributed by atoms with Crippen LogP contribution in [0.2, 0.25) is 0 Å². The molecule has 2 aromatic rings. The number of aromatic hydroxyl groups is 1. The average Bonchev–Trinajstić information content (AvgIpc) is 2.60. The number of ether oxygens (including phenoxy) is 1. The maximum absolute atomic E-state index is 11.2. The third-order valence-corrected chi connectivity index (χ3v) is 5.25. The van der Waals surface area contributed by atoms with Gasteiger partial charge in [-0.05, 0) is 50.8 Å². The van der Waals surface area contributed by atoms with E-state index in [1.54, 1.807) is 0 Å². The Morgan fingerprint density at radius 3 is 2.63 bits per heavy atom. The number of phenolic OH excluding ortho intramolecular Hbond substituents is 1. The summed E-state index contributed by atoms with van der Waals surface area (Å²) in [6.45, 7) is 8.28. The number of fused-ring (bicyclic) bond motifs is 3. The van der Waals surface area contributed by atoms with Crippen molar-refractivity contribution >= 4 is 5.84 Å². The molecule has 5 N–H and O–H groups in total. The van der Waals surface area contributed by atoms with Crippen LogP contribution < -0.4 is 16.3 Å². The van der Waals surface area contributed by atoms with Gasteiger partial charge in [0.05, 0.1) is 11.1 Å². The lowest BCUT2D eigenvalue weighted by atomic mass is 9.83. The number of rotatable bonds is 5. The lowest BCUT2D eigenvalue weighted by Crippen LogP contribution is -2.30. The standard InChI is InChI=1S/C22H29N3O2/c1-5-6-7-8-14-12-17-19(20(26)18(14)21(23)25-24)15-11-13(2)9-10-16(15)22(3,4)27-17/h9-12,26H,5-8,24H2,1-4H3,(H2,23,25). The van der Waals surface area contributed by atoms with E-state index in [1.807, 2.05) is 26.8 Å². The zero-order chi connectivity index (χ0) is 19.8. The van der Waals surface area contributed by atoms with Crippen molar-refractivity contribution in [1.29, 1.82) is 0 Å². The summed E-state index contributed by atoms with van der Waals surface area (Å²) < 4.78 is 6.31. The highest BCUT2D eigenvalue weighted by molar-refractivity contribution is 6.04. The molecule has 5 nitrogen and oxygen atoms in total. The van der Waals surface area contributed by atoms with Crippen LogP contribution >= 0.6 is 0 Å². The first kappa shape index (κ1) is 19.1. The molecule has 0 aliphatic carbocycles. The molecule has 3 rings (SSSR count). The Bertz CT molecular complexity index is 901. The van der Waals surface area contributed by atoms with Gasteiger partial charge in [0.2, 0.25) is 0 Å². The molecule has 1 aliphatic rings. The molecule has 144 valence electrons. The highest BCUT2D eigenvalue weighted by atomic mass is 16.5. The van der Waals surface area contributed by atoms with Crippen LogP contribution in [0.25, 0.3) is 11.1 Å². The van der Waals surface area contributed by atoms with Crippen molar-refractivity contribution in [3.63, 3.8) is 0 Å². The molecule has 0 aromatic heterocycles. The number of hydrazone groups is 1. The summed E-state index contributed by atoms with van der Waals surface area (Å²) in [6, 6.07) is 8.18. The molecule has 0 saturated carbocycles. The lowest BCUT2D eigenvalue weighted by Gasteiger charge is -2.36. The molecule has 1 heterocycles. The minimum atomic E-state index is -0.488. The van der Waals surface area contributed by atoms with Crippen molar-refractivity contribution < 1.29 is 9.84 Å². The molecule has 2 aromatic carbocycles. The topological polar surface area (TPSA) is 93.9 Å². The first-order valence-electron chi connectivity index (χ1n) is 9.53. The van der Waals surface area contributed by atoms with Gasteiger partial charge in [0.25, 0.3) is 0 Å². The fourth-order valence-electron chi connectivity index (χ4n) is 3.87. The van der Waals surface area contributed by atoms with E-state index in [1.165, 1.54) is 0 Å². The molecule has 0 radical (unpaired) electrons. The molecule has 0 atom stereocenters. The fourth-order valence-corrected chi connectivity index (χ4v) is 3.87. The Balaban J connectivity index is 2.27. The number of nitrogens with zero attached hydrogens (tertiary/aromatic N) is 1. The summed E-state index contributed by atoms with van der Waals surface area (Å²) in [5, 5.41) is 14.8. The SMILES string of the molecule is CCCCCc1cc2c(c(O)c1/C(N)=N/N)-c1cc(C)ccc1C(C)(C)O2. The Morgan fingerprint density at radius 2 is 1.96 bits per heavy atom. The Kier molecular flexibility index (Phi) is 5.05. The normalized spacial score (nSPS) is 15.0. The second-order valence-corrected chi connectivity index (χ2v) is 7.77. The lowest BCUT2D eigenvalue weighted by molar-refractivity contribution is 0.105. The summed E-state index contributed by atoms with van der Waals surface area (Å²) in [5.74, 6) is 6.36. The van der Waals surface area contributed by atoms with Gasteiger partial charge in [-0.25, -0.2) is 0 Å². The maximum atomic E-state index is 11.2. The molecule has 1 aliphatic heterocycles. The highest BCUT2D eigenvalue weighted by Crippen LogP contribution is 2.51. The smallest absolute Gasteiger partial charge is 0.154 e. The van der Waals surface area contributed by atoms with Crippen LogP contribution in [0, 0.1) is 6.92 Å². The first-order valence-corrected chi connectivity index (χ1v) is 9.53. The van der Waals surface area contributed by atoms with Gasteiger partial charge in [-0.3, -0.25) is 0 Å². The summed E-state index contributed by atoms with van der Waals surface area (Å²) in [7, 11) is 0. The van der Waals surface area contributed by atoms with Gasteiger partial charge in [0.1, 0.15) is 17.1 Å². The molecule has 0 fully saturated rings. The van der Waals surface area contributed by atoms with Gasteiger partial charge in [0, 0.05) is 5.56 Å². The number of aryl methyl sites for hydroxylation is 2. The second-order valence-electron chi connectivity index (χ2n) is 7.77. The molecule has 0 amide bonds. The highest BCUT2D eigenvalue weighted by Gasteiger charge is 2.35. The summed E-state index contributed by atoms with van der Waals surface area (Å²) in [4.78, 5) is 0. The predicted molar refractivity (Wildman–Crippen MR) is 110 cm³/mol. The van der Waals surface area contributed by atoms with Crippen LogP contribution in [0.3, 0.4) is 0 Å². The minimum absolute atomic E-state index is 0.0908. The maximum Gasteiger partial charge on any atom is 0.154 e. The largest absolute Gasteiger partial charge is 0.506 e. The van der Waals surface area contributed by atoms with Gasteiger partial charge in [-0.15, -0.1) is 0 Å². The third-order valence-electron chi connectivity index (χ3n) is 5.25. The molecular weight excluding hydrogens is 338 g/mol. The molecular formula is C22H29N3O2. The third kappa shape index (κ3) is 3.34. The van der Waals surface area contributed by atoms with E-state index in [4.69, 9.17) is 16.3 Å². The molecule has 5 heteroatoms. The number of benzene rings is 2. The Hall–Kier alpha value is -2.69. The van der Waals surface area contributed by atoms with Gasteiger partial charge < -0.3 is 21.4 Å². The van der Waals surface area contributed by atoms with E-state index in [-0.39, 0.29) is 11.6 Å². The number of hydrogen-bond acceptors (Lipinski definition) is 4. The number of nitrogens with two attached hydrogens (primary N) is 2. The summed E-state index contributed by atoms with van der Waals surface area (Å²) in [5.41, 5.74) is 10.8. The quantitative estimate of drug-likeness (QED) is 0.241. The molecule has 0 spiro atoms. The minimum Gasteiger partial charge on any atom is -0.506 e. The summed E-state index contributed by atoms with van der Waals surface area (Å²) in [6.07, 6.45) is 4.00. The number of amidine groups is 1. The van der Waals surface area contributed by atoms with Crippen LogP contribution in [-0.2, 0) is 12.0 Å². The molecule has 0 bridgehead atoms. The molecule has 27 heavy (non-hydrogen) atoms. The van der Waals surface area contributed by atoms with E-state index in [9.17, 15) is 5.11 Å². The van der Waals surface area contributed by atoms with Crippen LogP contribution in [0.5, 0.6) is 11.5 Å².